The lowest BCUT2D eigenvalue weighted by atomic mass is 10.1. The molecule has 2 aromatic heterocycles. The number of nitrogens with zero attached hydrogens (tertiary/aromatic N) is 5. The summed E-state index contributed by atoms with van der Waals surface area (Å²) in [5.74, 6) is 2.16. The van der Waals surface area contributed by atoms with E-state index in [4.69, 9.17) is 9.26 Å². The number of carbonyl (C=O) groups excluding carboxylic acids is 1. The van der Waals surface area contributed by atoms with Gasteiger partial charge in [-0.1, -0.05) is 52.8 Å². The number of nitrogens with one attached hydrogen (secondary N) is 1. The van der Waals surface area contributed by atoms with E-state index in [1.165, 1.54) is 11.8 Å². The Bertz CT molecular complexity index is 1240. The van der Waals surface area contributed by atoms with Crippen LogP contribution >= 0.6 is 11.8 Å². The Labute approximate surface area is 195 Å². The molecule has 2 aromatic carbocycles. The SMILES string of the molecule is CCn1c(SCC(=O)NCc2ccc(OC)cc2)nnc1-c1nc(-c2cccc(C)c2)no1. The summed E-state index contributed by atoms with van der Waals surface area (Å²) in [6, 6.07) is 15.4. The Balaban J connectivity index is 1.39. The van der Waals surface area contributed by atoms with Gasteiger partial charge in [-0.15, -0.1) is 10.2 Å². The Morgan fingerprint density at radius 2 is 2.00 bits per heavy atom. The number of methoxy groups -OCH3 is 1. The summed E-state index contributed by atoms with van der Waals surface area (Å²) < 4.78 is 12.5. The van der Waals surface area contributed by atoms with E-state index in [0.29, 0.717) is 29.9 Å². The average molecular weight is 465 g/mol. The zero-order valence-electron chi connectivity index (χ0n) is 18.6. The van der Waals surface area contributed by atoms with Crippen LogP contribution in [0.1, 0.15) is 18.1 Å². The molecule has 0 aliphatic carbocycles. The fourth-order valence-electron chi connectivity index (χ4n) is 3.18. The van der Waals surface area contributed by atoms with Crippen molar-refractivity contribution in [1.82, 2.24) is 30.2 Å². The van der Waals surface area contributed by atoms with E-state index in [2.05, 4.69) is 25.7 Å². The maximum atomic E-state index is 12.3. The Kier molecular flexibility index (Phi) is 7.04. The van der Waals surface area contributed by atoms with E-state index < -0.39 is 0 Å². The van der Waals surface area contributed by atoms with Crippen molar-refractivity contribution in [3.8, 4) is 28.9 Å². The van der Waals surface area contributed by atoms with Crippen molar-refractivity contribution in [2.24, 2.45) is 0 Å². The lowest BCUT2D eigenvalue weighted by Gasteiger charge is -2.07. The lowest BCUT2D eigenvalue weighted by Crippen LogP contribution is -2.24. The van der Waals surface area contributed by atoms with Crippen LogP contribution in [0.2, 0.25) is 0 Å². The van der Waals surface area contributed by atoms with Gasteiger partial charge in [0.1, 0.15) is 5.75 Å². The molecule has 0 aliphatic heterocycles. The number of benzene rings is 2. The smallest absolute Gasteiger partial charge is 0.296 e. The first-order valence-corrected chi connectivity index (χ1v) is 11.4. The number of carbonyl (C=O) groups is 1. The Morgan fingerprint density at radius 3 is 2.73 bits per heavy atom. The molecule has 0 fully saturated rings. The molecule has 170 valence electrons. The van der Waals surface area contributed by atoms with Gasteiger partial charge in [0.15, 0.2) is 5.16 Å². The fourth-order valence-corrected chi connectivity index (χ4v) is 4.01. The highest BCUT2D eigenvalue weighted by Gasteiger charge is 2.20. The molecule has 0 saturated carbocycles. The van der Waals surface area contributed by atoms with Gasteiger partial charge in [-0.2, -0.15) is 4.98 Å². The maximum Gasteiger partial charge on any atom is 0.296 e. The molecule has 1 amide bonds. The van der Waals surface area contributed by atoms with Crippen LogP contribution in [0.5, 0.6) is 5.75 Å². The van der Waals surface area contributed by atoms with Crippen LogP contribution < -0.4 is 10.1 Å². The predicted molar refractivity (Wildman–Crippen MR) is 125 cm³/mol. The molecular formula is C23H24N6O3S. The number of ether oxygens (including phenoxy) is 1. The van der Waals surface area contributed by atoms with Crippen LogP contribution in [0.4, 0.5) is 0 Å². The molecular weight excluding hydrogens is 440 g/mol. The average Bonchev–Trinajstić information content (AvgIpc) is 3.48. The van der Waals surface area contributed by atoms with Gasteiger partial charge < -0.3 is 14.6 Å². The number of aryl methyl sites for hydroxylation is 1. The second kappa shape index (κ2) is 10.3. The molecule has 0 spiro atoms. The molecule has 0 aliphatic rings. The second-order valence-electron chi connectivity index (χ2n) is 7.26. The third kappa shape index (κ3) is 5.40. The van der Waals surface area contributed by atoms with Crippen LogP contribution in [0, 0.1) is 6.92 Å². The molecule has 0 unspecified atom stereocenters. The van der Waals surface area contributed by atoms with Gasteiger partial charge in [0, 0.05) is 18.7 Å². The lowest BCUT2D eigenvalue weighted by molar-refractivity contribution is -0.118. The number of aromatic nitrogens is 5. The van der Waals surface area contributed by atoms with Crippen molar-refractivity contribution >= 4 is 17.7 Å². The number of hydrogen-bond donors (Lipinski definition) is 1. The van der Waals surface area contributed by atoms with Gasteiger partial charge in [-0.25, -0.2) is 0 Å². The van der Waals surface area contributed by atoms with Gasteiger partial charge in [-0.3, -0.25) is 9.36 Å². The first kappa shape index (κ1) is 22.5. The Morgan fingerprint density at radius 1 is 1.18 bits per heavy atom. The van der Waals surface area contributed by atoms with E-state index >= 15 is 0 Å². The maximum absolute atomic E-state index is 12.3. The van der Waals surface area contributed by atoms with Crippen molar-refractivity contribution in [1.29, 1.82) is 0 Å². The van der Waals surface area contributed by atoms with Gasteiger partial charge in [-0.05, 0) is 37.6 Å². The molecule has 1 N–H and O–H groups in total. The van der Waals surface area contributed by atoms with Crippen molar-refractivity contribution in [3.63, 3.8) is 0 Å². The molecule has 0 saturated heterocycles. The first-order chi connectivity index (χ1) is 16.1. The van der Waals surface area contributed by atoms with E-state index in [-0.39, 0.29) is 17.6 Å². The summed E-state index contributed by atoms with van der Waals surface area (Å²) in [5, 5.41) is 16.0. The minimum Gasteiger partial charge on any atom is -0.497 e. The van der Waals surface area contributed by atoms with Gasteiger partial charge in [0.2, 0.25) is 17.6 Å². The van der Waals surface area contributed by atoms with E-state index in [9.17, 15) is 4.79 Å². The first-order valence-electron chi connectivity index (χ1n) is 10.4. The summed E-state index contributed by atoms with van der Waals surface area (Å²) in [7, 11) is 1.62. The molecule has 10 heteroatoms. The van der Waals surface area contributed by atoms with Crippen LogP contribution in [0.25, 0.3) is 23.1 Å². The normalized spacial score (nSPS) is 10.9. The zero-order valence-corrected chi connectivity index (χ0v) is 19.4. The fraction of sp³-hybridized carbons (Fsp3) is 0.261. The van der Waals surface area contributed by atoms with E-state index in [1.54, 1.807) is 7.11 Å². The highest BCUT2D eigenvalue weighted by Crippen LogP contribution is 2.25. The molecule has 0 bridgehead atoms. The molecule has 4 rings (SSSR count). The molecule has 4 aromatic rings. The van der Waals surface area contributed by atoms with Crippen molar-refractivity contribution in [2.75, 3.05) is 12.9 Å². The topological polar surface area (TPSA) is 108 Å². The third-order valence-electron chi connectivity index (χ3n) is 4.91. The summed E-state index contributed by atoms with van der Waals surface area (Å²) >= 11 is 1.31. The van der Waals surface area contributed by atoms with Crippen LogP contribution in [-0.4, -0.2) is 43.7 Å². The zero-order chi connectivity index (χ0) is 23.2. The van der Waals surface area contributed by atoms with Crippen LogP contribution in [0.15, 0.2) is 58.2 Å². The minimum absolute atomic E-state index is 0.0949. The summed E-state index contributed by atoms with van der Waals surface area (Å²) in [6.45, 7) is 5.02. The quantitative estimate of drug-likeness (QED) is 0.373. The molecule has 0 atom stereocenters. The van der Waals surface area contributed by atoms with Gasteiger partial charge in [0.25, 0.3) is 5.89 Å². The van der Waals surface area contributed by atoms with Crippen molar-refractivity contribution in [3.05, 3.63) is 59.7 Å². The van der Waals surface area contributed by atoms with E-state index in [1.807, 2.05) is 66.9 Å². The highest BCUT2D eigenvalue weighted by molar-refractivity contribution is 7.99. The number of amides is 1. The Hall–Kier alpha value is -3.66. The van der Waals surface area contributed by atoms with Crippen molar-refractivity contribution < 1.29 is 14.1 Å². The minimum atomic E-state index is -0.0949. The van der Waals surface area contributed by atoms with Crippen LogP contribution in [-0.2, 0) is 17.9 Å². The van der Waals surface area contributed by atoms with Crippen LogP contribution in [0.3, 0.4) is 0 Å². The molecule has 9 nitrogen and oxygen atoms in total. The highest BCUT2D eigenvalue weighted by atomic mass is 32.2. The van der Waals surface area contributed by atoms with Gasteiger partial charge in [0.05, 0.1) is 12.9 Å². The van der Waals surface area contributed by atoms with E-state index in [0.717, 1.165) is 22.4 Å². The predicted octanol–water partition coefficient (Wildman–Crippen LogP) is 3.74. The number of hydrogen-bond acceptors (Lipinski definition) is 8. The van der Waals surface area contributed by atoms with Crippen molar-refractivity contribution in [2.45, 2.75) is 32.1 Å². The number of rotatable bonds is 9. The number of thioether (sulfide) groups is 1. The summed E-state index contributed by atoms with van der Waals surface area (Å²) in [5.41, 5.74) is 2.98. The monoisotopic (exact) mass is 464 g/mol. The summed E-state index contributed by atoms with van der Waals surface area (Å²) in [4.78, 5) is 16.8. The standard InChI is InChI=1S/C23H24N6O3S/c1-4-29-21(22-25-20(28-32-22)17-7-5-6-15(2)12-17)26-27-23(29)33-14-19(30)24-13-16-8-10-18(31-3)11-9-16/h5-12H,4,13-14H2,1-3H3,(H,24,30). The molecule has 2 heterocycles. The molecule has 33 heavy (non-hydrogen) atoms. The second-order valence-corrected chi connectivity index (χ2v) is 8.20. The largest absolute Gasteiger partial charge is 0.497 e. The molecule has 0 radical (unpaired) electrons. The summed E-state index contributed by atoms with van der Waals surface area (Å²) in [6.07, 6.45) is 0. The third-order valence-corrected chi connectivity index (χ3v) is 5.87. The van der Waals surface area contributed by atoms with Gasteiger partial charge >= 0.3 is 0 Å².